The summed E-state index contributed by atoms with van der Waals surface area (Å²) in [5.74, 6) is 0.529. The number of methoxy groups -OCH3 is 1. The molecular weight excluding hydrogens is 402 g/mol. The Morgan fingerprint density at radius 2 is 1.80 bits per heavy atom. The van der Waals surface area contributed by atoms with Crippen molar-refractivity contribution in [3.63, 3.8) is 0 Å². The SMILES string of the molecule is COc1ccc(NS(=O)(=O)c2cccc(C(=O)N3CCC(N4CCCC4)C3)c2)cc1. The van der Waals surface area contributed by atoms with Crippen molar-refractivity contribution in [1.82, 2.24) is 9.80 Å². The predicted molar refractivity (Wildman–Crippen MR) is 115 cm³/mol. The summed E-state index contributed by atoms with van der Waals surface area (Å²) in [7, 11) is -2.26. The summed E-state index contributed by atoms with van der Waals surface area (Å²) < 4.78 is 33.3. The first-order chi connectivity index (χ1) is 14.5. The number of sulfonamides is 1. The van der Waals surface area contributed by atoms with Crippen LogP contribution >= 0.6 is 0 Å². The highest BCUT2D eigenvalue weighted by molar-refractivity contribution is 7.92. The molecule has 7 nitrogen and oxygen atoms in total. The van der Waals surface area contributed by atoms with Gasteiger partial charge >= 0.3 is 0 Å². The fraction of sp³-hybridized carbons (Fsp3) is 0.409. The number of hydrogen-bond donors (Lipinski definition) is 1. The topological polar surface area (TPSA) is 78.9 Å². The van der Waals surface area contributed by atoms with Crippen molar-refractivity contribution in [1.29, 1.82) is 0 Å². The molecule has 1 N–H and O–H groups in total. The molecule has 2 saturated heterocycles. The van der Waals surface area contributed by atoms with Gasteiger partial charge < -0.3 is 9.64 Å². The van der Waals surface area contributed by atoms with E-state index < -0.39 is 10.0 Å². The molecule has 2 fully saturated rings. The van der Waals surface area contributed by atoms with Crippen molar-refractivity contribution >= 4 is 21.6 Å². The average Bonchev–Trinajstić information content (AvgIpc) is 3.45. The first-order valence-electron chi connectivity index (χ1n) is 10.3. The van der Waals surface area contributed by atoms with E-state index >= 15 is 0 Å². The zero-order valence-corrected chi connectivity index (χ0v) is 17.9. The van der Waals surface area contributed by atoms with Crippen LogP contribution < -0.4 is 9.46 Å². The Morgan fingerprint density at radius 1 is 1.07 bits per heavy atom. The van der Waals surface area contributed by atoms with E-state index in [9.17, 15) is 13.2 Å². The van der Waals surface area contributed by atoms with Crippen LogP contribution in [0.1, 0.15) is 29.6 Å². The molecular formula is C22H27N3O4S. The minimum absolute atomic E-state index is 0.0689. The number of anilines is 1. The summed E-state index contributed by atoms with van der Waals surface area (Å²) in [6.45, 7) is 3.63. The van der Waals surface area contributed by atoms with Crippen LogP contribution in [-0.4, -0.2) is 63.5 Å². The van der Waals surface area contributed by atoms with Gasteiger partial charge in [0, 0.05) is 30.4 Å². The number of ether oxygens (including phenoxy) is 1. The quantitative estimate of drug-likeness (QED) is 0.764. The van der Waals surface area contributed by atoms with Gasteiger partial charge in [-0.1, -0.05) is 6.07 Å². The van der Waals surface area contributed by atoms with E-state index in [4.69, 9.17) is 4.74 Å². The molecule has 2 heterocycles. The molecule has 2 aromatic rings. The van der Waals surface area contributed by atoms with Gasteiger partial charge in [-0.2, -0.15) is 0 Å². The lowest BCUT2D eigenvalue weighted by Crippen LogP contribution is -2.37. The maximum Gasteiger partial charge on any atom is 0.261 e. The number of nitrogens with one attached hydrogen (secondary N) is 1. The van der Waals surface area contributed by atoms with E-state index in [0.717, 1.165) is 19.5 Å². The fourth-order valence-corrected chi connectivity index (χ4v) is 5.29. The second-order valence-corrected chi connectivity index (χ2v) is 9.48. The summed E-state index contributed by atoms with van der Waals surface area (Å²) in [6, 6.07) is 13.3. The van der Waals surface area contributed by atoms with Gasteiger partial charge in [0.1, 0.15) is 5.75 Å². The molecule has 2 aromatic carbocycles. The van der Waals surface area contributed by atoms with Crippen LogP contribution in [-0.2, 0) is 10.0 Å². The molecule has 2 aliphatic rings. The summed E-state index contributed by atoms with van der Waals surface area (Å²) in [4.78, 5) is 17.4. The van der Waals surface area contributed by atoms with E-state index in [1.807, 2.05) is 4.90 Å². The molecule has 1 unspecified atom stereocenters. The summed E-state index contributed by atoms with van der Waals surface area (Å²) >= 11 is 0. The summed E-state index contributed by atoms with van der Waals surface area (Å²) in [5, 5.41) is 0. The third-order valence-corrected chi connectivity index (χ3v) is 7.22. The Balaban J connectivity index is 1.46. The first-order valence-corrected chi connectivity index (χ1v) is 11.7. The second-order valence-electron chi connectivity index (χ2n) is 7.80. The number of rotatable bonds is 6. The highest BCUT2D eigenvalue weighted by Crippen LogP contribution is 2.24. The minimum Gasteiger partial charge on any atom is -0.497 e. The molecule has 0 saturated carbocycles. The third kappa shape index (κ3) is 4.44. The predicted octanol–water partition coefficient (Wildman–Crippen LogP) is 2.81. The van der Waals surface area contributed by atoms with E-state index in [2.05, 4.69) is 9.62 Å². The van der Waals surface area contributed by atoms with Crippen molar-refractivity contribution in [2.75, 3.05) is 38.0 Å². The van der Waals surface area contributed by atoms with Crippen LogP contribution in [0.4, 0.5) is 5.69 Å². The van der Waals surface area contributed by atoms with Gasteiger partial charge in [0.05, 0.1) is 12.0 Å². The highest BCUT2D eigenvalue weighted by Gasteiger charge is 2.32. The number of nitrogens with zero attached hydrogens (tertiary/aromatic N) is 2. The molecule has 8 heteroatoms. The fourth-order valence-electron chi connectivity index (χ4n) is 4.18. The van der Waals surface area contributed by atoms with Crippen LogP contribution in [0.15, 0.2) is 53.4 Å². The smallest absolute Gasteiger partial charge is 0.261 e. The number of amides is 1. The van der Waals surface area contributed by atoms with Crippen LogP contribution in [0.5, 0.6) is 5.75 Å². The van der Waals surface area contributed by atoms with Crippen molar-refractivity contribution in [3.8, 4) is 5.75 Å². The Morgan fingerprint density at radius 3 is 2.50 bits per heavy atom. The van der Waals surface area contributed by atoms with Crippen molar-refractivity contribution < 1.29 is 17.9 Å². The molecule has 0 aromatic heterocycles. The second kappa shape index (κ2) is 8.65. The molecule has 160 valence electrons. The molecule has 4 rings (SSSR count). The van der Waals surface area contributed by atoms with Crippen molar-refractivity contribution in [2.24, 2.45) is 0 Å². The third-order valence-electron chi connectivity index (χ3n) is 5.84. The van der Waals surface area contributed by atoms with Gasteiger partial charge in [-0.3, -0.25) is 14.4 Å². The number of likely N-dealkylation sites (tertiary alicyclic amines) is 2. The Labute approximate surface area is 177 Å². The van der Waals surface area contributed by atoms with Gasteiger partial charge in [-0.15, -0.1) is 0 Å². The van der Waals surface area contributed by atoms with Gasteiger partial charge in [0.15, 0.2) is 0 Å². The minimum atomic E-state index is -3.81. The Hall–Kier alpha value is -2.58. The summed E-state index contributed by atoms with van der Waals surface area (Å²) in [6.07, 6.45) is 3.43. The molecule has 30 heavy (non-hydrogen) atoms. The van der Waals surface area contributed by atoms with E-state index in [-0.39, 0.29) is 10.8 Å². The number of hydrogen-bond acceptors (Lipinski definition) is 5. The maximum absolute atomic E-state index is 13.0. The first kappa shape index (κ1) is 20.7. The van der Waals surface area contributed by atoms with E-state index in [1.54, 1.807) is 43.5 Å². The number of benzene rings is 2. The van der Waals surface area contributed by atoms with Crippen LogP contribution in [0, 0.1) is 0 Å². The van der Waals surface area contributed by atoms with Gasteiger partial charge in [0.2, 0.25) is 0 Å². The van der Waals surface area contributed by atoms with Crippen LogP contribution in [0.25, 0.3) is 0 Å². The molecule has 0 spiro atoms. The molecule has 1 amide bonds. The molecule has 0 bridgehead atoms. The lowest BCUT2D eigenvalue weighted by atomic mass is 10.2. The standard InChI is InChI=1S/C22H27N3O4S/c1-29-20-9-7-18(8-10-20)23-30(27,28)21-6-4-5-17(15-21)22(26)25-14-11-19(16-25)24-12-2-3-13-24/h4-10,15,19,23H,2-3,11-14,16H2,1H3. The summed E-state index contributed by atoms with van der Waals surface area (Å²) in [5.41, 5.74) is 0.829. The zero-order chi connectivity index (χ0) is 21.1. The Bertz CT molecular complexity index is 1000. The van der Waals surface area contributed by atoms with Gasteiger partial charge in [-0.05, 0) is 74.8 Å². The molecule has 1 atom stereocenters. The maximum atomic E-state index is 13.0. The average molecular weight is 430 g/mol. The lowest BCUT2D eigenvalue weighted by molar-refractivity contribution is 0.0780. The van der Waals surface area contributed by atoms with E-state index in [1.165, 1.54) is 25.0 Å². The monoisotopic (exact) mass is 429 g/mol. The normalized spacial score (nSPS) is 19.8. The largest absolute Gasteiger partial charge is 0.497 e. The van der Waals surface area contributed by atoms with Crippen LogP contribution in [0.3, 0.4) is 0 Å². The molecule has 0 radical (unpaired) electrons. The molecule has 0 aliphatic carbocycles. The van der Waals surface area contributed by atoms with Crippen molar-refractivity contribution in [2.45, 2.75) is 30.2 Å². The highest BCUT2D eigenvalue weighted by atomic mass is 32.2. The van der Waals surface area contributed by atoms with Gasteiger partial charge in [0.25, 0.3) is 15.9 Å². The van der Waals surface area contributed by atoms with Gasteiger partial charge in [-0.25, -0.2) is 8.42 Å². The zero-order valence-electron chi connectivity index (χ0n) is 17.1. The number of carbonyl (C=O) groups excluding carboxylic acids is 1. The van der Waals surface area contributed by atoms with Crippen LogP contribution in [0.2, 0.25) is 0 Å². The lowest BCUT2D eigenvalue weighted by Gasteiger charge is -2.23. The molecule has 2 aliphatic heterocycles. The Kier molecular flexibility index (Phi) is 5.97. The number of carbonyl (C=O) groups is 1. The van der Waals surface area contributed by atoms with E-state index in [0.29, 0.717) is 36.1 Å². The van der Waals surface area contributed by atoms with Crippen molar-refractivity contribution in [3.05, 3.63) is 54.1 Å².